The Morgan fingerprint density at radius 1 is 1.20 bits per heavy atom. The fourth-order valence-electron chi connectivity index (χ4n) is 2.27. The minimum absolute atomic E-state index is 0.184. The number of hydrogen-bond donors (Lipinski definition) is 2. The van der Waals surface area contributed by atoms with Crippen LogP contribution in [0.25, 0.3) is 0 Å². The molecule has 0 spiro atoms. The van der Waals surface area contributed by atoms with Gasteiger partial charge in [0.1, 0.15) is 5.82 Å². The van der Waals surface area contributed by atoms with Crippen LogP contribution in [0.15, 0.2) is 53.0 Å². The van der Waals surface area contributed by atoms with Crippen LogP contribution < -0.4 is 5.32 Å². The zero-order chi connectivity index (χ0) is 14.6. The molecule has 0 saturated heterocycles. The Balaban J connectivity index is 2.42. The van der Waals surface area contributed by atoms with Crippen LogP contribution in [0.5, 0.6) is 0 Å². The highest BCUT2D eigenvalue weighted by atomic mass is 79.9. The number of halogens is 2. The first-order chi connectivity index (χ1) is 9.61. The molecule has 20 heavy (non-hydrogen) atoms. The molecule has 0 bridgehead atoms. The molecular formula is C16H17BrFNO. The molecule has 2 aromatic rings. The van der Waals surface area contributed by atoms with E-state index in [1.165, 1.54) is 6.07 Å². The van der Waals surface area contributed by atoms with E-state index in [0.717, 1.165) is 10.2 Å². The molecule has 1 unspecified atom stereocenters. The van der Waals surface area contributed by atoms with E-state index < -0.39 is 5.54 Å². The van der Waals surface area contributed by atoms with Gasteiger partial charge in [0.05, 0.1) is 12.1 Å². The summed E-state index contributed by atoms with van der Waals surface area (Å²) < 4.78 is 15.0. The van der Waals surface area contributed by atoms with Crippen LogP contribution in [0.4, 0.5) is 10.1 Å². The van der Waals surface area contributed by atoms with E-state index in [4.69, 9.17) is 0 Å². The van der Waals surface area contributed by atoms with Gasteiger partial charge in [0, 0.05) is 15.7 Å². The van der Waals surface area contributed by atoms with Crippen molar-refractivity contribution in [3.8, 4) is 0 Å². The van der Waals surface area contributed by atoms with Crippen LogP contribution in [0.2, 0.25) is 0 Å². The topological polar surface area (TPSA) is 32.3 Å². The molecule has 0 heterocycles. The quantitative estimate of drug-likeness (QED) is 0.852. The number of benzene rings is 2. The van der Waals surface area contributed by atoms with Crippen molar-refractivity contribution in [3.05, 3.63) is 64.4 Å². The van der Waals surface area contributed by atoms with Crippen molar-refractivity contribution >= 4 is 21.6 Å². The monoisotopic (exact) mass is 337 g/mol. The van der Waals surface area contributed by atoms with E-state index in [0.29, 0.717) is 12.0 Å². The maximum absolute atomic E-state index is 14.1. The third-order valence-corrected chi connectivity index (χ3v) is 3.96. The number of aliphatic hydroxyl groups is 1. The third kappa shape index (κ3) is 3.02. The zero-order valence-electron chi connectivity index (χ0n) is 11.2. The number of anilines is 1. The van der Waals surface area contributed by atoms with Crippen LogP contribution in [-0.4, -0.2) is 11.7 Å². The van der Waals surface area contributed by atoms with Gasteiger partial charge in [-0.05, 0) is 30.7 Å². The molecule has 0 aliphatic rings. The van der Waals surface area contributed by atoms with Gasteiger partial charge >= 0.3 is 0 Å². The molecule has 1 atom stereocenters. The van der Waals surface area contributed by atoms with Crippen LogP contribution in [-0.2, 0) is 5.54 Å². The van der Waals surface area contributed by atoms with E-state index in [1.54, 1.807) is 18.2 Å². The molecule has 0 amide bonds. The van der Waals surface area contributed by atoms with E-state index in [1.807, 2.05) is 31.2 Å². The van der Waals surface area contributed by atoms with Gasteiger partial charge in [0.25, 0.3) is 0 Å². The maximum atomic E-state index is 14.1. The summed E-state index contributed by atoms with van der Waals surface area (Å²) in [5, 5.41) is 13.1. The van der Waals surface area contributed by atoms with Crippen molar-refractivity contribution in [2.75, 3.05) is 11.9 Å². The standard InChI is InChI=1S/C16H17BrFNO/c1-2-16(11-20,14-8-3-4-9-15(14)18)19-13-7-5-6-12(17)10-13/h3-10,19-20H,2,11H2,1H3. The second-order valence-electron chi connectivity index (χ2n) is 4.71. The average molecular weight is 338 g/mol. The summed E-state index contributed by atoms with van der Waals surface area (Å²) in [7, 11) is 0. The molecule has 0 aliphatic heterocycles. The first-order valence-corrected chi connectivity index (χ1v) is 7.30. The predicted octanol–water partition coefficient (Wildman–Crippen LogP) is 4.30. The Morgan fingerprint density at radius 2 is 1.95 bits per heavy atom. The minimum Gasteiger partial charge on any atom is -0.394 e. The smallest absolute Gasteiger partial charge is 0.128 e. The minimum atomic E-state index is -0.827. The normalized spacial score (nSPS) is 13.8. The first-order valence-electron chi connectivity index (χ1n) is 6.51. The van der Waals surface area contributed by atoms with Gasteiger partial charge < -0.3 is 10.4 Å². The molecule has 2 N–H and O–H groups in total. The second-order valence-corrected chi connectivity index (χ2v) is 5.62. The highest BCUT2D eigenvalue weighted by Crippen LogP contribution is 2.32. The van der Waals surface area contributed by atoms with Crippen LogP contribution >= 0.6 is 15.9 Å². The predicted molar refractivity (Wildman–Crippen MR) is 83.2 cm³/mol. The summed E-state index contributed by atoms with van der Waals surface area (Å²) in [5.41, 5.74) is 0.482. The van der Waals surface area contributed by atoms with E-state index in [-0.39, 0.29) is 12.4 Å². The Bertz CT molecular complexity index is 584. The number of hydrogen-bond acceptors (Lipinski definition) is 2. The van der Waals surface area contributed by atoms with Crippen molar-refractivity contribution in [1.29, 1.82) is 0 Å². The van der Waals surface area contributed by atoms with Gasteiger partial charge in [-0.15, -0.1) is 0 Å². The second kappa shape index (κ2) is 6.37. The summed E-state index contributed by atoms with van der Waals surface area (Å²) in [5.74, 6) is -0.314. The van der Waals surface area contributed by atoms with Crippen molar-refractivity contribution < 1.29 is 9.50 Å². The lowest BCUT2D eigenvalue weighted by molar-refractivity contribution is 0.204. The molecule has 106 valence electrons. The summed E-state index contributed by atoms with van der Waals surface area (Å²) in [6.45, 7) is 1.74. The van der Waals surface area contributed by atoms with Crippen LogP contribution in [0.1, 0.15) is 18.9 Å². The first kappa shape index (κ1) is 15.0. The van der Waals surface area contributed by atoms with Crippen molar-refractivity contribution in [1.82, 2.24) is 0 Å². The zero-order valence-corrected chi connectivity index (χ0v) is 12.8. The largest absolute Gasteiger partial charge is 0.394 e. The highest BCUT2D eigenvalue weighted by molar-refractivity contribution is 9.10. The number of nitrogens with one attached hydrogen (secondary N) is 1. The van der Waals surface area contributed by atoms with Gasteiger partial charge in [-0.25, -0.2) is 4.39 Å². The third-order valence-electron chi connectivity index (χ3n) is 3.47. The molecule has 2 nitrogen and oxygen atoms in total. The fraction of sp³-hybridized carbons (Fsp3) is 0.250. The molecule has 0 saturated carbocycles. The van der Waals surface area contributed by atoms with Crippen LogP contribution in [0, 0.1) is 5.82 Å². The number of aliphatic hydroxyl groups excluding tert-OH is 1. The van der Waals surface area contributed by atoms with Gasteiger partial charge in [-0.3, -0.25) is 0 Å². The molecule has 4 heteroatoms. The summed E-state index contributed by atoms with van der Waals surface area (Å²) in [6.07, 6.45) is 0.566. The summed E-state index contributed by atoms with van der Waals surface area (Å²) in [6, 6.07) is 14.2. The van der Waals surface area contributed by atoms with E-state index in [9.17, 15) is 9.50 Å². The average Bonchev–Trinajstić information content (AvgIpc) is 2.46. The van der Waals surface area contributed by atoms with Gasteiger partial charge in [0.2, 0.25) is 0 Å². The Morgan fingerprint density at radius 3 is 2.55 bits per heavy atom. The maximum Gasteiger partial charge on any atom is 0.128 e. The molecule has 0 aromatic heterocycles. The number of rotatable bonds is 5. The lowest BCUT2D eigenvalue weighted by Gasteiger charge is -2.34. The highest BCUT2D eigenvalue weighted by Gasteiger charge is 2.32. The molecule has 2 aromatic carbocycles. The van der Waals surface area contributed by atoms with Gasteiger partial charge in [-0.1, -0.05) is 47.1 Å². The Hall–Kier alpha value is -1.39. The molecule has 0 fully saturated rings. The fourth-order valence-corrected chi connectivity index (χ4v) is 2.67. The van der Waals surface area contributed by atoms with Crippen molar-refractivity contribution in [3.63, 3.8) is 0 Å². The molecule has 2 rings (SSSR count). The lowest BCUT2D eigenvalue weighted by Crippen LogP contribution is -2.39. The molecule has 0 aliphatic carbocycles. The van der Waals surface area contributed by atoms with E-state index in [2.05, 4.69) is 21.2 Å². The lowest BCUT2D eigenvalue weighted by atomic mass is 9.87. The molecule has 0 radical (unpaired) electrons. The summed E-state index contributed by atoms with van der Waals surface area (Å²) in [4.78, 5) is 0. The van der Waals surface area contributed by atoms with Crippen molar-refractivity contribution in [2.24, 2.45) is 0 Å². The van der Waals surface area contributed by atoms with Crippen molar-refractivity contribution in [2.45, 2.75) is 18.9 Å². The van der Waals surface area contributed by atoms with Gasteiger partial charge in [-0.2, -0.15) is 0 Å². The summed E-state index contributed by atoms with van der Waals surface area (Å²) >= 11 is 3.41. The van der Waals surface area contributed by atoms with Gasteiger partial charge in [0.15, 0.2) is 0 Å². The SMILES string of the molecule is CCC(CO)(Nc1cccc(Br)c1)c1ccccc1F. The van der Waals surface area contributed by atoms with Crippen LogP contribution in [0.3, 0.4) is 0 Å². The Labute approximate surface area is 126 Å². The molecular weight excluding hydrogens is 321 g/mol. The Kier molecular flexibility index (Phi) is 4.78. The van der Waals surface area contributed by atoms with E-state index >= 15 is 0 Å².